The minimum Gasteiger partial charge on any atom is -0.382 e. The van der Waals surface area contributed by atoms with Gasteiger partial charge < -0.3 is 16.0 Å². The van der Waals surface area contributed by atoms with Gasteiger partial charge >= 0.3 is 0 Å². The molecule has 0 radical (unpaired) electrons. The second-order valence-corrected chi connectivity index (χ2v) is 8.15. The first-order valence-electron chi connectivity index (χ1n) is 11.1. The lowest BCUT2D eigenvalue weighted by Gasteiger charge is -2.16. The number of anilines is 1. The molecule has 0 aliphatic rings. The van der Waals surface area contributed by atoms with Crippen molar-refractivity contribution in [2.24, 2.45) is 7.05 Å². The van der Waals surface area contributed by atoms with Crippen LogP contribution in [-0.2, 0) is 7.05 Å². The molecule has 0 spiro atoms. The number of aromatic amines is 1. The fraction of sp³-hybridized carbons (Fsp3) is 0.111. The molecule has 5 rings (SSSR count). The number of carbonyl (C=O) groups is 1. The number of benzene rings is 2. The molecule has 172 valence electrons. The molecule has 5 aromatic rings. The molecule has 3 aromatic heterocycles. The molecule has 1 atom stereocenters. The molecule has 35 heavy (non-hydrogen) atoms. The summed E-state index contributed by atoms with van der Waals surface area (Å²) in [5.41, 5.74) is 11.5. The predicted octanol–water partition coefficient (Wildman–Crippen LogP) is 3.83. The van der Waals surface area contributed by atoms with Gasteiger partial charge in [0, 0.05) is 53.4 Å². The van der Waals surface area contributed by atoms with E-state index in [1.54, 1.807) is 10.9 Å². The standard InChI is InChI=1S/C27H23N7O/c1-17(32-27(35)25-26(28)30-14-13-29-25)24-23(19-7-4-3-5-8-19)22-20(9-6-10-21(22)33-24)12-11-18-15-31-34(2)16-18/h3-10,13-17,33H,1-2H3,(H2,28,30)(H,32,35)/t17-/m0/s1. The Labute approximate surface area is 202 Å². The highest BCUT2D eigenvalue weighted by molar-refractivity contribution is 6.02. The zero-order valence-electron chi connectivity index (χ0n) is 19.3. The monoisotopic (exact) mass is 461 g/mol. The number of H-pyrrole nitrogens is 1. The topological polar surface area (TPSA) is 115 Å². The molecule has 0 saturated carbocycles. The number of carbonyl (C=O) groups excluding carboxylic acids is 1. The Kier molecular flexibility index (Phi) is 5.73. The number of hydrogen-bond donors (Lipinski definition) is 3. The number of nitrogens with one attached hydrogen (secondary N) is 2. The van der Waals surface area contributed by atoms with Crippen LogP contribution < -0.4 is 11.1 Å². The molecule has 4 N–H and O–H groups in total. The molecule has 0 unspecified atom stereocenters. The fourth-order valence-corrected chi connectivity index (χ4v) is 4.09. The van der Waals surface area contributed by atoms with E-state index in [0.29, 0.717) is 0 Å². The molecular weight excluding hydrogens is 438 g/mol. The average molecular weight is 462 g/mol. The molecule has 0 aliphatic heterocycles. The van der Waals surface area contributed by atoms with Gasteiger partial charge in [-0.15, -0.1) is 0 Å². The first-order chi connectivity index (χ1) is 17.0. The smallest absolute Gasteiger partial charge is 0.274 e. The first-order valence-corrected chi connectivity index (χ1v) is 11.1. The SMILES string of the molecule is C[C@H](NC(=O)c1nccnc1N)c1[nH]c2cccc(C#Cc3cnn(C)c3)c2c1-c1ccccc1. The predicted molar refractivity (Wildman–Crippen MR) is 135 cm³/mol. The summed E-state index contributed by atoms with van der Waals surface area (Å²) < 4.78 is 1.72. The van der Waals surface area contributed by atoms with E-state index in [-0.39, 0.29) is 17.6 Å². The number of aryl methyl sites for hydroxylation is 1. The zero-order chi connectivity index (χ0) is 24.4. The average Bonchev–Trinajstić information content (AvgIpc) is 3.47. The van der Waals surface area contributed by atoms with Gasteiger partial charge in [0.1, 0.15) is 0 Å². The molecule has 8 heteroatoms. The van der Waals surface area contributed by atoms with Crippen molar-refractivity contribution in [3.05, 3.63) is 95.8 Å². The Hall–Kier alpha value is -4.90. The third-order valence-electron chi connectivity index (χ3n) is 5.68. The molecule has 0 bridgehead atoms. The van der Waals surface area contributed by atoms with Gasteiger partial charge in [-0.05, 0) is 24.6 Å². The molecule has 1 amide bonds. The van der Waals surface area contributed by atoms with Crippen LogP contribution in [0.4, 0.5) is 5.82 Å². The second-order valence-electron chi connectivity index (χ2n) is 8.15. The van der Waals surface area contributed by atoms with E-state index in [9.17, 15) is 4.79 Å². The van der Waals surface area contributed by atoms with E-state index in [4.69, 9.17) is 5.73 Å². The highest BCUT2D eigenvalue weighted by atomic mass is 16.2. The molecule has 3 heterocycles. The van der Waals surface area contributed by atoms with Crippen LogP contribution in [0.5, 0.6) is 0 Å². The third-order valence-corrected chi connectivity index (χ3v) is 5.68. The molecule has 0 aliphatic carbocycles. The van der Waals surface area contributed by atoms with Crippen LogP contribution in [0.25, 0.3) is 22.0 Å². The van der Waals surface area contributed by atoms with Crippen LogP contribution in [0.1, 0.15) is 40.3 Å². The van der Waals surface area contributed by atoms with Crippen LogP contribution in [-0.4, -0.2) is 30.6 Å². The molecule has 0 fully saturated rings. The lowest BCUT2D eigenvalue weighted by molar-refractivity contribution is 0.0935. The summed E-state index contributed by atoms with van der Waals surface area (Å²) in [5.74, 6) is 6.21. The Morgan fingerprint density at radius 2 is 1.89 bits per heavy atom. The highest BCUT2D eigenvalue weighted by Crippen LogP contribution is 2.37. The van der Waals surface area contributed by atoms with E-state index >= 15 is 0 Å². The number of amides is 1. The lowest BCUT2D eigenvalue weighted by atomic mass is 9.96. The van der Waals surface area contributed by atoms with Crippen molar-refractivity contribution in [2.75, 3.05) is 5.73 Å². The zero-order valence-corrected chi connectivity index (χ0v) is 19.3. The van der Waals surface area contributed by atoms with Gasteiger partial charge in [0.2, 0.25) is 0 Å². The van der Waals surface area contributed by atoms with E-state index in [1.807, 2.05) is 68.7 Å². The van der Waals surface area contributed by atoms with Crippen LogP contribution in [0, 0.1) is 11.8 Å². The van der Waals surface area contributed by atoms with Gasteiger partial charge in [-0.2, -0.15) is 5.10 Å². The van der Waals surface area contributed by atoms with Crippen LogP contribution >= 0.6 is 0 Å². The number of aromatic nitrogens is 5. The van der Waals surface area contributed by atoms with Gasteiger partial charge in [0.25, 0.3) is 5.91 Å². The molecular formula is C27H23N7O. The highest BCUT2D eigenvalue weighted by Gasteiger charge is 2.23. The largest absolute Gasteiger partial charge is 0.382 e. The van der Waals surface area contributed by atoms with E-state index in [1.165, 1.54) is 12.4 Å². The molecule has 8 nitrogen and oxygen atoms in total. The summed E-state index contributed by atoms with van der Waals surface area (Å²) in [6.45, 7) is 1.92. The van der Waals surface area contributed by atoms with Crippen molar-refractivity contribution in [1.82, 2.24) is 30.0 Å². The van der Waals surface area contributed by atoms with E-state index < -0.39 is 5.91 Å². The maximum Gasteiger partial charge on any atom is 0.274 e. The summed E-state index contributed by atoms with van der Waals surface area (Å²) in [6, 6.07) is 15.7. The van der Waals surface area contributed by atoms with Crippen LogP contribution in [0.2, 0.25) is 0 Å². The Balaban J connectivity index is 1.62. The number of fused-ring (bicyclic) bond motifs is 1. The summed E-state index contributed by atoms with van der Waals surface area (Å²) in [4.78, 5) is 24.5. The van der Waals surface area contributed by atoms with Gasteiger partial charge in [-0.3, -0.25) is 9.48 Å². The van der Waals surface area contributed by atoms with E-state index in [2.05, 4.69) is 37.2 Å². The maximum absolute atomic E-state index is 12.9. The van der Waals surface area contributed by atoms with Gasteiger partial charge in [-0.25, -0.2) is 9.97 Å². The Bertz CT molecular complexity index is 1590. The minimum absolute atomic E-state index is 0.0880. The molecule has 2 aromatic carbocycles. The van der Waals surface area contributed by atoms with Crippen molar-refractivity contribution in [1.29, 1.82) is 0 Å². The summed E-state index contributed by atoms with van der Waals surface area (Å²) in [6.07, 6.45) is 6.52. The van der Waals surface area contributed by atoms with Crippen LogP contribution in [0.15, 0.2) is 73.3 Å². The second kappa shape index (κ2) is 9.15. The van der Waals surface area contributed by atoms with Crippen molar-refractivity contribution < 1.29 is 4.79 Å². The number of rotatable bonds is 4. The van der Waals surface area contributed by atoms with E-state index in [0.717, 1.165) is 38.9 Å². The summed E-state index contributed by atoms with van der Waals surface area (Å²) in [5, 5.41) is 8.19. The van der Waals surface area contributed by atoms with Gasteiger partial charge in [-0.1, -0.05) is 48.2 Å². The normalized spacial score (nSPS) is 11.6. The fourth-order valence-electron chi connectivity index (χ4n) is 4.09. The van der Waals surface area contributed by atoms with Gasteiger partial charge in [0.05, 0.1) is 17.8 Å². The van der Waals surface area contributed by atoms with Crippen molar-refractivity contribution in [3.63, 3.8) is 0 Å². The first kappa shape index (κ1) is 21.9. The summed E-state index contributed by atoms with van der Waals surface area (Å²) >= 11 is 0. The van der Waals surface area contributed by atoms with Crippen molar-refractivity contribution in [2.45, 2.75) is 13.0 Å². The number of nitrogens with two attached hydrogens (primary N) is 1. The molecule has 0 saturated heterocycles. The third kappa shape index (κ3) is 4.35. The number of nitrogen functional groups attached to an aromatic ring is 1. The quantitative estimate of drug-likeness (QED) is 0.352. The number of nitrogens with zero attached hydrogens (tertiary/aromatic N) is 4. The Morgan fingerprint density at radius 1 is 1.09 bits per heavy atom. The Morgan fingerprint density at radius 3 is 2.63 bits per heavy atom. The summed E-state index contributed by atoms with van der Waals surface area (Å²) in [7, 11) is 1.86. The number of hydrogen-bond acceptors (Lipinski definition) is 5. The van der Waals surface area contributed by atoms with Crippen molar-refractivity contribution >= 4 is 22.6 Å². The van der Waals surface area contributed by atoms with Crippen LogP contribution in [0.3, 0.4) is 0 Å². The lowest BCUT2D eigenvalue weighted by Crippen LogP contribution is -2.29. The maximum atomic E-state index is 12.9. The van der Waals surface area contributed by atoms with Crippen molar-refractivity contribution in [3.8, 4) is 23.0 Å². The minimum atomic E-state index is -0.391. The van der Waals surface area contributed by atoms with Gasteiger partial charge in [0.15, 0.2) is 11.5 Å².